The van der Waals surface area contributed by atoms with Crippen LogP contribution in [0.3, 0.4) is 0 Å². The zero-order valence-electron chi connectivity index (χ0n) is 9.97. The lowest BCUT2D eigenvalue weighted by atomic mass is 10.3. The summed E-state index contributed by atoms with van der Waals surface area (Å²) in [7, 11) is 0. The van der Waals surface area contributed by atoms with Gasteiger partial charge in [-0.2, -0.15) is 0 Å². The second-order valence-corrected chi connectivity index (χ2v) is 4.80. The second-order valence-electron chi connectivity index (χ2n) is 3.74. The zero-order chi connectivity index (χ0) is 12.4. The first kappa shape index (κ1) is 12.2. The number of hydrogen-bond donors (Lipinski definition) is 0. The maximum absolute atomic E-state index is 12.1. The molecular formula is C11H15N3O2S. The molecule has 5 nitrogen and oxygen atoms in total. The molecule has 1 aliphatic heterocycles. The number of fused-ring (bicyclic) bond motifs is 1. The topological polar surface area (TPSA) is 55.2 Å². The third kappa shape index (κ3) is 2.09. The lowest BCUT2D eigenvalue weighted by Crippen LogP contribution is -2.36. The van der Waals surface area contributed by atoms with E-state index in [4.69, 9.17) is 0 Å². The van der Waals surface area contributed by atoms with Crippen LogP contribution in [0.2, 0.25) is 0 Å². The van der Waals surface area contributed by atoms with Crippen LogP contribution in [-0.2, 0) is 6.54 Å². The number of carbonyl (C=O) groups excluding carboxylic acids is 1. The molecule has 0 bridgehead atoms. The summed E-state index contributed by atoms with van der Waals surface area (Å²) in [5.74, 6) is 0.630. The van der Waals surface area contributed by atoms with E-state index in [-0.39, 0.29) is 17.0 Å². The van der Waals surface area contributed by atoms with Crippen molar-refractivity contribution >= 4 is 17.7 Å². The van der Waals surface area contributed by atoms with E-state index in [1.807, 2.05) is 13.8 Å². The highest BCUT2D eigenvalue weighted by atomic mass is 32.2. The monoisotopic (exact) mass is 253 g/mol. The summed E-state index contributed by atoms with van der Waals surface area (Å²) in [5.41, 5.74) is -0.0307. The first-order chi connectivity index (χ1) is 8.19. The summed E-state index contributed by atoms with van der Waals surface area (Å²) in [6.07, 6.45) is 1.41. The third-order valence-corrected chi connectivity index (χ3v) is 3.81. The molecule has 0 aromatic carbocycles. The van der Waals surface area contributed by atoms with Gasteiger partial charge in [-0.15, -0.1) is 0 Å². The fourth-order valence-electron chi connectivity index (χ4n) is 1.85. The van der Waals surface area contributed by atoms with Crippen molar-refractivity contribution in [2.75, 3.05) is 18.8 Å². The number of hydrogen-bond acceptors (Lipinski definition) is 4. The predicted octanol–water partition coefficient (Wildman–Crippen LogP) is 0.831. The van der Waals surface area contributed by atoms with Crippen LogP contribution in [-0.4, -0.2) is 39.2 Å². The fourth-order valence-corrected chi connectivity index (χ4v) is 2.76. The summed E-state index contributed by atoms with van der Waals surface area (Å²) in [5, 5.41) is 0.714. The molecule has 17 heavy (non-hydrogen) atoms. The highest BCUT2D eigenvalue weighted by molar-refractivity contribution is 7.99. The van der Waals surface area contributed by atoms with Gasteiger partial charge < -0.3 is 4.90 Å². The van der Waals surface area contributed by atoms with Crippen molar-refractivity contribution in [2.45, 2.75) is 25.5 Å². The normalized spacial score (nSPS) is 13.5. The molecule has 1 aromatic rings. The molecule has 0 aliphatic carbocycles. The smallest absolute Gasteiger partial charge is 0.267 e. The van der Waals surface area contributed by atoms with Crippen molar-refractivity contribution in [1.29, 1.82) is 0 Å². The minimum atomic E-state index is -0.222. The fraction of sp³-hybridized carbons (Fsp3) is 0.545. The summed E-state index contributed by atoms with van der Waals surface area (Å²) in [6.45, 7) is 5.65. The van der Waals surface area contributed by atoms with E-state index in [0.717, 1.165) is 5.75 Å². The molecule has 0 radical (unpaired) electrons. The Morgan fingerprint density at radius 1 is 1.53 bits per heavy atom. The zero-order valence-corrected chi connectivity index (χ0v) is 10.8. The molecule has 6 heteroatoms. The SMILES string of the molecule is CCN(CC)C(=O)c1cnc2n(c1=O)CCS2. The van der Waals surface area contributed by atoms with E-state index in [1.165, 1.54) is 6.20 Å². The number of carbonyl (C=O) groups is 1. The van der Waals surface area contributed by atoms with Crippen molar-refractivity contribution in [3.63, 3.8) is 0 Å². The molecule has 1 aromatic heterocycles. The number of nitrogens with zero attached hydrogens (tertiary/aromatic N) is 3. The number of aromatic nitrogens is 2. The molecule has 0 N–H and O–H groups in total. The summed E-state index contributed by atoms with van der Waals surface area (Å²) in [4.78, 5) is 30.0. The molecule has 0 saturated carbocycles. The molecule has 2 heterocycles. The number of thioether (sulfide) groups is 1. The first-order valence-corrected chi connectivity index (χ1v) is 6.69. The van der Waals surface area contributed by atoms with E-state index in [2.05, 4.69) is 4.98 Å². The maximum Gasteiger partial charge on any atom is 0.267 e. The van der Waals surface area contributed by atoms with Crippen molar-refractivity contribution in [3.05, 3.63) is 22.1 Å². The van der Waals surface area contributed by atoms with Crippen molar-refractivity contribution in [1.82, 2.24) is 14.5 Å². The number of rotatable bonds is 3. The van der Waals surface area contributed by atoms with Crippen LogP contribution in [0.15, 0.2) is 16.1 Å². The van der Waals surface area contributed by atoms with Crippen LogP contribution in [0, 0.1) is 0 Å². The summed E-state index contributed by atoms with van der Waals surface area (Å²) in [6, 6.07) is 0. The molecular weight excluding hydrogens is 238 g/mol. The lowest BCUT2D eigenvalue weighted by molar-refractivity contribution is 0.0769. The molecule has 0 fully saturated rings. The van der Waals surface area contributed by atoms with Gasteiger partial charge in [0.25, 0.3) is 11.5 Å². The highest BCUT2D eigenvalue weighted by Crippen LogP contribution is 2.20. The Morgan fingerprint density at radius 2 is 2.24 bits per heavy atom. The van der Waals surface area contributed by atoms with Gasteiger partial charge in [0.1, 0.15) is 5.56 Å². The van der Waals surface area contributed by atoms with Gasteiger partial charge in [-0.25, -0.2) is 4.98 Å². The van der Waals surface area contributed by atoms with Gasteiger partial charge in [0.05, 0.1) is 0 Å². The molecule has 0 saturated heterocycles. The Labute approximate surface area is 104 Å². The van der Waals surface area contributed by atoms with Crippen molar-refractivity contribution in [2.24, 2.45) is 0 Å². The Kier molecular flexibility index (Phi) is 3.51. The largest absolute Gasteiger partial charge is 0.339 e. The Balaban J connectivity index is 2.41. The van der Waals surface area contributed by atoms with E-state index >= 15 is 0 Å². The standard InChI is InChI=1S/C11H15N3O2S/c1-3-13(4-2)9(15)8-7-12-11-14(10(8)16)5-6-17-11/h7H,3-6H2,1-2H3. The molecule has 2 rings (SSSR count). The molecule has 0 unspecified atom stereocenters. The van der Waals surface area contributed by atoms with Gasteiger partial charge in [-0.1, -0.05) is 11.8 Å². The van der Waals surface area contributed by atoms with Crippen LogP contribution in [0.4, 0.5) is 0 Å². The van der Waals surface area contributed by atoms with Gasteiger partial charge in [-0.05, 0) is 13.8 Å². The average molecular weight is 253 g/mol. The van der Waals surface area contributed by atoms with Gasteiger partial charge in [-0.3, -0.25) is 14.2 Å². The Hall–Kier alpha value is -1.30. The summed E-state index contributed by atoms with van der Waals surface area (Å²) < 4.78 is 1.58. The van der Waals surface area contributed by atoms with Gasteiger partial charge in [0, 0.05) is 31.6 Å². The third-order valence-electron chi connectivity index (χ3n) is 2.84. The van der Waals surface area contributed by atoms with Crippen LogP contribution in [0.25, 0.3) is 0 Å². The van der Waals surface area contributed by atoms with Crippen molar-refractivity contribution < 1.29 is 4.79 Å². The van der Waals surface area contributed by atoms with E-state index in [1.54, 1.807) is 21.2 Å². The Bertz CT molecular complexity index is 494. The molecule has 92 valence electrons. The average Bonchev–Trinajstić information content (AvgIpc) is 2.80. The van der Waals surface area contributed by atoms with Gasteiger partial charge >= 0.3 is 0 Å². The minimum Gasteiger partial charge on any atom is -0.339 e. The van der Waals surface area contributed by atoms with Crippen LogP contribution in [0.1, 0.15) is 24.2 Å². The van der Waals surface area contributed by atoms with Gasteiger partial charge in [0.2, 0.25) is 0 Å². The molecule has 1 aliphatic rings. The maximum atomic E-state index is 12.1. The summed E-state index contributed by atoms with van der Waals surface area (Å²) >= 11 is 1.55. The molecule has 1 amide bonds. The first-order valence-electron chi connectivity index (χ1n) is 5.71. The predicted molar refractivity (Wildman–Crippen MR) is 66.5 cm³/mol. The second kappa shape index (κ2) is 4.91. The van der Waals surface area contributed by atoms with E-state index < -0.39 is 0 Å². The van der Waals surface area contributed by atoms with E-state index in [9.17, 15) is 9.59 Å². The molecule has 0 atom stereocenters. The Morgan fingerprint density at radius 3 is 2.88 bits per heavy atom. The van der Waals surface area contributed by atoms with Crippen LogP contribution in [0.5, 0.6) is 0 Å². The number of amides is 1. The van der Waals surface area contributed by atoms with Crippen LogP contribution < -0.4 is 5.56 Å². The van der Waals surface area contributed by atoms with Crippen molar-refractivity contribution in [3.8, 4) is 0 Å². The van der Waals surface area contributed by atoms with E-state index in [0.29, 0.717) is 24.8 Å². The van der Waals surface area contributed by atoms with Crippen LogP contribution >= 0.6 is 11.8 Å². The lowest BCUT2D eigenvalue weighted by Gasteiger charge is -2.18. The minimum absolute atomic E-state index is 0.181. The van der Waals surface area contributed by atoms with Gasteiger partial charge in [0.15, 0.2) is 5.16 Å². The molecule has 0 spiro atoms. The quantitative estimate of drug-likeness (QED) is 0.749. The highest BCUT2D eigenvalue weighted by Gasteiger charge is 2.22.